The number of hydrogen-bond acceptors (Lipinski definition) is 2. The maximum atomic E-state index is 6.37. The lowest BCUT2D eigenvalue weighted by molar-refractivity contribution is 0.669. The van der Waals surface area contributed by atoms with Gasteiger partial charge in [0.2, 0.25) is 0 Å². The zero-order chi connectivity index (χ0) is 46.2. The first-order chi connectivity index (χ1) is 34.7. The second-order valence-corrected chi connectivity index (χ2v) is 18.4. The highest BCUT2D eigenvalue weighted by molar-refractivity contribution is 6.11. The summed E-state index contributed by atoms with van der Waals surface area (Å²) in [6.07, 6.45) is 0. The van der Waals surface area contributed by atoms with E-state index in [-0.39, 0.29) is 0 Å². The van der Waals surface area contributed by atoms with E-state index in [0.717, 1.165) is 44.7 Å². The Kier molecular flexibility index (Phi) is 9.11. The number of furan rings is 1. The fourth-order valence-electron chi connectivity index (χ4n) is 11.5. The van der Waals surface area contributed by atoms with Crippen molar-refractivity contribution < 1.29 is 4.42 Å². The SMILES string of the molecule is c1ccc(-c2ccc(N(c3ccc4c(c3)C(c3ccccc3)(c3ccccc3)c3cc(-c5ccc6c(c5)c5ccccc5n6-c5ccccc5)ccc3-4)c3ccc4oc5ccccc5c4c3)cc2)cc1. The third-order valence-electron chi connectivity index (χ3n) is 14.7. The summed E-state index contributed by atoms with van der Waals surface area (Å²) in [6, 6.07) is 97.5. The Balaban J connectivity index is 0.983. The maximum Gasteiger partial charge on any atom is 0.135 e. The molecule has 2 heterocycles. The van der Waals surface area contributed by atoms with Crippen LogP contribution < -0.4 is 4.90 Å². The average Bonchev–Trinajstić information content (AvgIpc) is 4.08. The highest BCUT2D eigenvalue weighted by Crippen LogP contribution is 2.58. The van der Waals surface area contributed by atoms with Crippen LogP contribution in [0, 0.1) is 0 Å². The van der Waals surface area contributed by atoms with Gasteiger partial charge >= 0.3 is 0 Å². The quantitative estimate of drug-likeness (QED) is 0.152. The summed E-state index contributed by atoms with van der Waals surface area (Å²) in [6.45, 7) is 0. The molecule has 3 heteroatoms. The van der Waals surface area contributed by atoms with Crippen molar-refractivity contribution in [2.45, 2.75) is 5.41 Å². The van der Waals surface area contributed by atoms with E-state index in [1.807, 2.05) is 12.1 Å². The van der Waals surface area contributed by atoms with E-state index < -0.39 is 5.41 Å². The van der Waals surface area contributed by atoms with Crippen molar-refractivity contribution in [3.63, 3.8) is 0 Å². The van der Waals surface area contributed by atoms with Gasteiger partial charge in [0, 0.05) is 44.3 Å². The zero-order valence-electron chi connectivity index (χ0n) is 38.2. The lowest BCUT2D eigenvalue weighted by Gasteiger charge is -2.35. The van der Waals surface area contributed by atoms with Gasteiger partial charge in [-0.2, -0.15) is 0 Å². The third kappa shape index (κ3) is 6.15. The molecule has 0 bridgehead atoms. The lowest BCUT2D eigenvalue weighted by atomic mass is 9.67. The summed E-state index contributed by atoms with van der Waals surface area (Å²) in [4.78, 5) is 2.41. The number of anilines is 3. The molecule has 1 aliphatic carbocycles. The van der Waals surface area contributed by atoms with Crippen LogP contribution in [0.3, 0.4) is 0 Å². The monoisotopic (exact) mass is 892 g/mol. The third-order valence-corrected chi connectivity index (χ3v) is 14.7. The molecule has 0 amide bonds. The fraction of sp³-hybridized carbons (Fsp3) is 0.0149. The molecule has 0 atom stereocenters. The summed E-state index contributed by atoms with van der Waals surface area (Å²) in [5.41, 5.74) is 20.0. The lowest BCUT2D eigenvalue weighted by Crippen LogP contribution is -2.28. The van der Waals surface area contributed by atoms with E-state index in [9.17, 15) is 0 Å². The van der Waals surface area contributed by atoms with Crippen molar-refractivity contribution in [2.24, 2.45) is 0 Å². The number of benzene rings is 11. The maximum absolute atomic E-state index is 6.37. The molecule has 1 aliphatic rings. The summed E-state index contributed by atoms with van der Waals surface area (Å²) < 4.78 is 8.75. The van der Waals surface area contributed by atoms with Crippen molar-refractivity contribution in [1.29, 1.82) is 0 Å². The molecule has 0 aliphatic heterocycles. The van der Waals surface area contributed by atoms with Crippen LogP contribution in [-0.2, 0) is 5.41 Å². The van der Waals surface area contributed by atoms with Gasteiger partial charge < -0.3 is 13.9 Å². The minimum absolute atomic E-state index is 0.639. The molecule has 13 aromatic rings. The molecular weight excluding hydrogens is 849 g/mol. The van der Waals surface area contributed by atoms with Crippen molar-refractivity contribution >= 4 is 60.8 Å². The second-order valence-electron chi connectivity index (χ2n) is 18.4. The Hall–Kier alpha value is -9.18. The van der Waals surface area contributed by atoms with Crippen LogP contribution in [0.25, 0.3) is 82.8 Å². The molecule has 328 valence electrons. The predicted octanol–water partition coefficient (Wildman–Crippen LogP) is 17.8. The molecule has 2 aromatic heterocycles. The number of rotatable bonds is 8. The largest absolute Gasteiger partial charge is 0.456 e. The van der Waals surface area contributed by atoms with Gasteiger partial charge in [-0.25, -0.2) is 0 Å². The minimum atomic E-state index is -0.639. The molecule has 0 radical (unpaired) electrons. The van der Waals surface area contributed by atoms with Crippen LogP contribution in [0.15, 0.2) is 271 Å². The van der Waals surface area contributed by atoms with Crippen molar-refractivity contribution in [2.75, 3.05) is 4.90 Å². The number of nitrogens with zero attached hydrogens (tertiary/aromatic N) is 2. The van der Waals surface area contributed by atoms with E-state index in [4.69, 9.17) is 4.42 Å². The van der Waals surface area contributed by atoms with Gasteiger partial charge in [-0.1, -0.05) is 182 Å². The smallest absolute Gasteiger partial charge is 0.135 e. The topological polar surface area (TPSA) is 21.3 Å². The summed E-state index contributed by atoms with van der Waals surface area (Å²) in [7, 11) is 0. The van der Waals surface area contributed by atoms with Gasteiger partial charge in [-0.3, -0.25) is 0 Å². The number of para-hydroxylation sites is 3. The normalized spacial score (nSPS) is 12.7. The van der Waals surface area contributed by atoms with Crippen molar-refractivity contribution in [3.05, 3.63) is 289 Å². The van der Waals surface area contributed by atoms with Gasteiger partial charge in [0.25, 0.3) is 0 Å². The Bertz CT molecular complexity index is 4060. The minimum Gasteiger partial charge on any atom is -0.456 e. The molecule has 0 fully saturated rings. The van der Waals surface area contributed by atoms with Gasteiger partial charge in [0.05, 0.1) is 16.4 Å². The number of aromatic nitrogens is 1. The Labute approximate surface area is 406 Å². The molecule has 0 unspecified atom stereocenters. The summed E-state index contributed by atoms with van der Waals surface area (Å²) in [5, 5.41) is 4.67. The summed E-state index contributed by atoms with van der Waals surface area (Å²) in [5.74, 6) is 0. The number of hydrogen-bond donors (Lipinski definition) is 0. The van der Waals surface area contributed by atoms with E-state index in [1.54, 1.807) is 0 Å². The van der Waals surface area contributed by atoms with E-state index in [1.165, 1.54) is 77.4 Å². The van der Waals surface area contributed by atoms with Crippen LogP contribution in [0.5, 0.6) is 0 Å². The highest BCUT2D eigenvalue weighted by Gasteiger charge is 2.46. The van der Waals surface area contributed by atoms with E-state index in [0.29, 0.717) is 0 Å². The Morgan fingerprint density at radius 2 is 0.814 bits per heavy atom. The molecule has 70 heavy (non-hydrogen) atoms. The van der Waals surface area contributed by atoms with Crippen LogP contribution in [0.1, 0.15) is 22.3 Å². The van der Waals surface area contributed by atoms with Gasteiger partial charge in [-0.05, 0) is 141 Å². The van der Waals surface area contributed by atoms with Crippen LogP contribution in [0.4, 0.5) is 17.1 Å². The first-order valence-corrected chi connectivity index (χ1v) is 24.1. The first kappa shape index (κ1) is 39.9. The molecule has 0 saturated heterocycles. The standard InChI is InChI=1S/C67H44N2O/c1-5-17-45(18-6-1)46-29-33-52(34-30-46)68(53-36-40-66-60(43-53)58-26-14-16-28-65(58)70-66)54-35-38-56-55-37-31-48(42-61(55)67(62(56)44-54,49-19-7-2-8-20-49)50-21-9-3-10-22-50)47-32-39-64-59(41-47)57-25-13-15-27-63(57)69(64)51-23-11-4-12-24-51/h1-44H. The first-order valence-electron chi connectivity index (χ1n) is 24.1. The van der Waals surface area contributed by atoms with Crippen LogP contribution in [-0.4, -0.2) is 4.57 Å². The molecule has 3 nitrogen and oxygen atoms in total. The van der Waals surface area contributed by atoms with Crippen LogP contribution in [0.2, 0.25) is 0 Å². The fourth-order valence-corrected chi connectivity index (χ4v) is 11.5. The molecule has 14 rings (SSSR count). The molecule has 0 saturated carbocycles. The predicted molar refractivity (Wildman–Crippen MR) is 291 cm³/mol. The van der Waals surface area contributed by atoms with E-state index in [2.05, 4.69) is 264 Å². The highest BCUT2D eigenvalue weighted by atomic mass is 16.3. The van der Waals surface area contributed by atoms with Gasteiger partial charge in [0.15, 0.2) is 0 Å². The zero-order valence-corrected chi connectivity index (χ0v) is 38.2. The number of fused-ring (bicyclic) bond motifs is 9. The Morgan fingerprint density at radius 3 is 1.56 bits per heavy atom. The molecular formula is C67H44N2O. The average molecular weight is 893 g/mol. The van der Waals surface area contributed by atoms with Gasteiger partial charge in [-0.15, -0.1) is 0 Å². The van der Waals surface area contributed by atoms with Crippen molar-refractivity contribution in [3.8, 4) is 39.1 Å². The Morgan fingerprint density at radius 1 is 0.314 bits per heavy atom. The molecule has 0 spiro atoms. The second kappa shape index (κ2) is 16.0. The van der Waals surface area contributed by atoms with E-state index >= 15 is 0 Å². The molecule has 11 aromatic carbocycles. The van der Waals surface area contributed by atoms with Crippen molar-refractivity contribution in [1.82, 2.24) is 4.57 Å². The van der Waals surface area contributed by atoms with Crippen LogP contribution >= 0.6 is 0 Å². The van der Waals surface area contributed by atoms with Gasteiger partial charge in [0.1, 0.15) is 11.2 Å². The molecule has 0 N–H and O–H groups in total. The summed E-state index contributed by atoms with van der Waals surface area (Å²) >= 11 is 0.